The second-order valence-electron chi connectivity index (χ2n) is 1.24. The van der Waals surface area contributed by atoms with Crippen LogP contribution in [0.3, 0.4) is 0 Å². The van der Waals surface area contributed by atoms with Crippen molar-refractivity contribution in [1.29, 1.82) is 0 Å². The molecular weight excluding hydrogens is 90.1 g/mol. The van der Waals surface area contributed by atoms with Gasteiger partial charge in [0.2, 0.25) is 0 Å². The number of hydrogen-bond acceptors (Lipinski definition) is 2. The monoisotopic (exact) mass is 99.1 g/mol. The minimum atomic E-state index is 0.0370. The molecule has 0 heterocycles. The van der Waals surface area contributed by atoms with Crippen LogP contribution in [0.2, 0.25) is 0 Å². The number of carbonyl (C=O) groups is 1. The Morgan fingerprint density at radius 3 is 2.57 bits per heavy atom. The number of hydrogen-bond donors (Lipinski definition) is 1. The molecule has 0 bridgehead atoms. The van der Waals surface area contributed by atoms with E-state index < -0.39 is 0 Å². The summed E-state index contributed by atoms with van der Waals surface area (Å²) in [6.07, 6.45) is 1.95. The molecule has 0 unspecified atom stereocenters. The molecule has 0 spiro atoms. The first-order valence-corrected chi connectivity index (χ1v) is 2.14. The van der Waals surface area contributed by atoms with Gasteiger partial charge in [0.15, 0.2) is 0 Å². The van der Waals surface area contributed by atoms with Crippen molar-refractivity contribution in [2.45, 2.75) is 6.42 Å². The van der Waals surface area contributed by atoms with Gasteiger partial charge in [-0.15, -0.1) is 6.58 Å². The van der Waals surface area contributed by atoms with E-state index in [0.717, 1.165) is 0 Å². The van der Waals surface area contributed by atoms with E-state index in [2.05, 4.69) is 6.58 Å². The van der Waals surface area contributed by atoms with E-state index in [-0.39, 0.29) is 12.3 Å². The fraction of sp³-hybridized carbons (Fsp3) is 0.400. The molecule has 2 heteroatoms. The highest BCUT2D eigenvalue weighted by atomic mass is 16.1. The zero-order valence-electron chi connectivity index (χ0n) is 4.18. The molecule has 0 radical (unpaired) electrons. The Balaban J connectivity index is 3.17. The lowest BCUT2D eigenvalue weighted by molar-refractivity contribution is -0.116. The van der Waals surface area contributed by atoms with E-state index in [0.29, 0.717) is 6.42 Å². The second kappa shape index (κ2) is 3.56. The minimum absolute atomic E-state index is 0.0370. The highest BCUT2D eigenvalue weighted by molar-refractivity contribution is 5.81. The summed E-state index contributed by atoms with van der Waals surface area (Å²) in [5.74, 6) is 0.0370. The average Bonchev–Trinajstić information content (AvgIpc) is 1.68. The van der Waals surface area contributed by atoms with Crippen molar-refractivity contribution in [3.05, 3.63) is 12.7 Å². The van der Waals surface area contributed by atoms with Crippen LogP contribution in [0.5, 0.6) is 0 Å². The summed E-state index contributed by atoms with van der Waals surface area (Å²) < 4.78 is 0. The summed E-state index contributed by atoms with van der Waals surface area (Å²) in [5.41, 5.74) is 4.96. The molecule has 40 valence electrons. The summed E-state index contributed by atoms with van der Waals surface area (Å²) in [6.45, 7) is 3.50. The largest absolute Gasteiger partial charge is 0.324 e. The predicted octanol–water partition coefficient (Wildman–Crippen LogP) is 0.0903. The van der Waals surface area contributed by atoms with Crippen LogP contribution in [0.4, 0.5) is 0 Å². The van der Waals surface area contributed by atoms with Crippen LogP contribution in [0.25, 0.3) is 0 Å². The fourth-order valence-corrected chi connectivity index (χ4v) is 0.244. The van der Waals surface area contributed by atoms with Gasteiger partial charge in [-0.1, -0.05) is 6.08 Å². The Morgan fingerprint density at radius 2 is 2.43 bits per heavy atom. The Kier molecular flexibility index (Phi) is 3.24. The number of ketones is 1. The third-order valence-corrected chi connectivity index (χ3v) is 0.600. The van der Waals surface area contributed by atoms with Crippen LogP contribution in [0, 0.1) is 0 Å². The van der Waals surface area contributed by atoms with Gasteiger partial charge in [0.1, 0.15) is 5.78 Å². The second-order valence-corrected chi connectivity index (χ2v) is 1.24. The molecular formula is C5H9NO. The van der Waals surface area contributed by atoms with E-state index in [1.165, 1.54) is 0 Å². The van der Waals surface area contributed by atoms with Crippen LogP contribution in [-0.4, -0.2) is 12.3 Å². The number of Topliss-reactive ketones (excluding diaryl/α,β-unsaturated/α-hetero) is 1. The van der Waals surface area contributed by atoms with Crippen LogP contribution < -0.4 is 5.73 Å². The van der Waals surface area contributed by atoms with Gasteiger partial charge in [0.05, 0.1) is 6.54 Å². The quantitative estimate of drug-likeness (QED) is 0.509. The van der Waals surface area contributed by atoms with Crippen molar-refractivity contribution in [1.82, 2.24) is 0 Å². The average molecular weight is 99.1 g/mol. The van der Waals surface area contributed by atoms with Gasteiger partial charge in [-0.25, -0.2) is 0 Å². The Hall–Kier alpha value is -0.630. The maximum Gasteiger partial charge on any atom is 0.150 e. The normalized spacial score (nSPS) is 8.14. The first-order chi connectivity index (χ1) is 3.31. The Labute approximate surface area is 43.0 Å². The standard InChI is InChI=1S/C5H9NO/c1-2-3-5(7)4-6/h2H,1,3-4,6H2. The van der Waals surface area contributed by atoms with Crippen LogP contribution in [0.1, 0.15) is 6.42 Å². The minimum Gasteiger partial charge on any atom is -0.324 e. The lowest BCUT2D eigenvalue weighted by Gasteiger charge is -1.84. The molecule has 0 aromatic heterocycles. The molecule has 0 aliphatic carbocycles. The predicted molar refractivity (Wildman–Crippen MR) is 28.9 cm³/mol. The van der Waals surface area contributed by atoms with Gasteiger partial charge in [0, 0.05) is 6.42 Å². The number of nitrogens with two attached hydrogens (primary N) is 1. The van der Waals surface area contributed by atoms with E-state index in [9.17, 15) is 4.79 Å². The van der Waals surface area contributed by atoms with Gasteiger partial charge < -0.3 is 5.73 Å². The third-order valence-electron chi connectivity index (χ3n) is 0.600. The molecule has 2 nitrogen and oxygen atoms in total. The molecule has 0 amide bonds. The van der Waals surface area contributed by atoms with E-state index in [1.807, 2.05) is 0 Å². The Morgan fingerprint density at radius 1 is 1.86 bits per heavy atom. The van der Waals surface area contributed by atoms with Crippen LogP contribution in [0.15, 0.2) is 12.7 Å². The van der Waals surface area contributed by atoms with Gasteiger partial charge in [0.25, 0.3) is 0 Å². The topological polar surface area (TPSA) is 43.1 Å². The summed E-state index contributed by atoms with van der Waals surface area (Å²) in [7, 11) is 0. The number of carbonyl (C=O) groups excluding carboxylic acids is 1. The molecule has 0 atom stereocenters. The molecule has 0 rings (SSSR count). The molecule has 0 aromatic rings. The van der Waals surface area contributed by atoms with E-state index in [1.54, 1.807) is 6.08 Å². The maximum atomic E-state index is 10.2. The Bertz CT molecular complexity index is 78.1. The van der Waals surface area contributed by atoms with Crippen LogP contribution in [-0.2, 0) is 4.79 Å². The van der Waals surface area contributed by atoms with Gasteiger partial charge in [-0.2, -0.15) is 0 Å². The van der Waals surface area contributed by atoms with Crippen molar-refractivity contribution < 1.29 is 4.79 Å². The molecule has 0 aliphatic rings. The molecule has 0 saturated heterocycles. The highest BCUT2D eigenvalue weighted by Gasteiger charge is 1.89. The maximum absolute atomic E-state index is 10.2. The van der Waals surface area contributed by atoms with Crippen molar-refractivity contribution >= 4 is 5.78 Å². The summed E-state index contributed by atoms with van der Waals surface area (Å²) >= 11 is 0. The molecule has 2 N–H and O–H groups in total. The number of allylic oxidation sites excluding steroid dienone is 1. The van der Waals surface area contributed by atoms with Crippen molar-refractivity contribution in [2.24, 2.45) is 5.73 Å². The van der Waals surface area contributed by atoms with Crippen molar-refractivity contribution in [3.63, 3.8) is 0 Å². The van der Waals surface area contributed by atoms with E-state index in [4.69, 9.17) is 5.73 Å². The lowest BCUT2D eigenvalue weighted by Crippen LogP contribution is -2.11. The summed E-state index contributed by atoms with van der Waals surface area (Å²) in [4.78, 5) is 10.2. The van der Waals surface area contributed by atoms with E-state index >= 15 is 0 Å². The van der Waals surface area contributed by atoms with Gasteiger partial charge in [-0.05, 0) is 0 Å². The molecule has 0 aromatic carbocycles. The SMILES string of the molecule is C=CCC(=O)CN. The first-order valence-electron chi connectivity index (χ1n) is 2.14. The summed E-state index contributed by atoms with van der Waals surface area (Å²) in [6, 6.07) is 0. The number of rotatable bonds is 3. The van der Waals surface area contributed by atoms with Gasteiger partial charge >= 0.3 is 0 Å². The summed E-state index contributed by atoms with van der Waals surface area (Å²) in [5, 5.41) is 0. The fourth-order valence-electron chi connectivity index (χ4n) is 0.244. The zero-order valence-corrected chi connectivity index (χ0v) is 4.18. The van der Waals surface area contributed by atoms with Crippen LogP contribution >= 0.6 is 0 Å². The van der Waals surface area contributed by atoms with Crippen molar-refractivity contribution in [3.8, 4) is 0 Å². The van der Waals surface area contributed by atoms with Crippen molar-refractivity contribution in [2.75, 3.05) is 6.54 Å². The molecule has 0 aliphatic heterocycles. The molecule has 0 fully saturated rings. The van der Waals surface area contributed by atoms with Gasteiger partial charge in [-0.3, -0.25) is 4.79 Å². The zero-order chi connectivity index (χ0) is 5.70. The smallest absolute Gasteiger partial charge is 0.150 e. The highest BCUT2D eigenvalue weighted by Crippen LogP contribution is 1.77. The third kappa shape index (κ3) is 3.19. The molecule has 0 saturated carbocycles. The molecule has 7 heavy (non-hydrogen) atoms. The lowest BCUT2D eigenvalue weighted by atomic mass is 10.3. The first kappa shape index (κ1) is 6.37.